The van der Waals surface area contributed by atoms with Gasteiger partial charge in [0, 0.05) is 43.9 Å². The zero-order valence-electron chi connectivity index (χ0n) is 4.88. The van der Waals surface area contributed by atoms with E-state index in [-0.39, 0.29) is 137 Å². The van der Waals surface area contributed by atoms with Gasteiger partial charge in [0.15, 0.2) is 0 Å². The second-order valence-corrected chi connectivity index (χ2v) is 0.750. The van der Waals surface area contributed by atoms with Crippen LogP contribution in [0.3, 0.4) is 0 Å². The first kappa shape index (κ1) is 29.7. The second-order valence-electron chi connectivity index (χ2n) is 0.250. The van der Waals surface area contributed by atoms with E-state index in [9.17, 15) is 0 Å². The molecule has 0 aromatic rings. The standard InChI is InChI=1S/2Al.2K.O3Si/c;;;;1-4(2)3/q;;2*+1;-2. The van der Waals surface area contributed by atoms with E-state index in [1.165, 1.54) is 0 Å². The minimum Gasteiger partial charge on any atom is -0.672 e. The third-order valence-electron chi connectivity index (χ3n) is 0. The van der Waals surface area contributed by atoms with E-state index in [4.69, 9.17) is 14.1 Å². The van der Waals surface area contributed by atoms with Crippen molar-refractivity contribution in [3.63, 3.8) is 0 Å². The molecule has 0 aromatic carbocycles. The quantitative estimate of drug-likeness (QED) is 0.371. The van der Waals surface area contributed by atoms with Gasteiger partial charge in [0.2, 0.25) is 0 Å². The topological polar surface area (TPSA) is 63.2 Å². The minimum atomic E-state index is -3.63. The molecule has 0 saturated carbocycles. The van der Waals surface area contributed by atoms with Gasteiger partial charge < -0.3 is 14.1 Å². The van der Waals surface area contributed by atoms with Crippen molar-refractivity contribution in [1.82, 2.24) is 0 Å². The van der Waals surface area contributed by atoms with Crippen LogP contribution in [-0.2, 0) is 4.46 Å². The first-order valence-corrected chi connectivity index (χ1v) is 1.84. The van der Waals surface area contributed by atoms with E-state index in [0.29, 0.717) is 0 Å². The summed E-state index contributed by atoms with van der Waals surface area (Å²) >= 11 is 0. The maximum Gasteiger partial charge on any atom is 1.00 e. The number of hydrogen-bond acceptors (Lipinski definition) is 3. The molecule has 8 heteroatoms. The van der Waals surface area contributed by atoms with Crippen LogP contribution in [0.25, 0.3) is 0 Å². The molecular weight excluding hydrogens is 208 g/mol. The summed E-state index contributed by atoms with van der Waals surface area (Å²) in [4.78, 5) is 17.0. The first-order valence-electron chi connectivity index (χ1n) is 0.612. The molecule has 0 atom stereocenters. The summed E-state index contributed by atoms with van der Waals surface area (Å²) in [5, 5.41) is 0. The first-order chi connectivity index (χ1) is 1.73. The van der Waals surface area contributed by atoms with Gasteiger partial charge in [0.05, 0.1) is 0 Å². The molecule has 0 unspecified atom stereocenters. The van der Waals surface area contributed by atoms with E-state index in [0.717, 1.165) is 0 Å². The summed E-state index contributed by atoms with van der Waals surface area (Å²) in [6.07, 6.45) is 0. The van der Waals surface area contributed by atoms with Crippen LogP contribution in [0.1, 0.15) is 0 Å². The Bertz CT molecular complexity index is 38.3. The van der Waals surface area contributed by atoms with Crippen molar-refractivity contribution in [2.24, 2.45) is 0 Å². The summed E-state index contributed by atoms with van der Waals surface area (Å²) in [6, 6.07) is 0. The van der Waals surface area contributed by atoms with Crippen LogP contribution in [0.2, 0.25) is 0 Å². The average molecular weight is 208 g/mol. The van der Waals surface area contributed by atoms with Gasteiger partial charge >= 0.3 is 103 Å². The fourth-order valence-corrected chi connectivity index (χ4v) is 0. The van der Waals surface area contributed by atoms with Crippen molar-refractivity contribution >= 4 is 43.9 Å². The van der Waals surface area contributed by atoms with Crippen molar-refractivity contribution in [2.75, 3.05) is 0 Å². The van der Waals surface area contributed by atoms with Crippen molar-refractivity contribution in [3.8, 4) is 0 Å². The number of hydrogen-bond donors (Lipinski definition) is 0. The Kier molecular flexibility index (Phi) is 83.2. The molecule has 0 saturated heterocycles. The maximum absolute atomic E-state index is 8.52. The molecule has 0 amide bonds. The van der Waals surface area contributed by atoms with Crippen LogP contribution in [-0.4, -0.2) is 43.9 Å². The van der Waals surface area contributed by atoms with E-state index in [1.54, 1.807) is 0 Å². The Morgan fingerprint density at radius 2 is 1.00 bits per heavy atom. The van der Waals surface area contributed by atoms with Gasteiger partial charge in [0.25, 0.3) is 0 Å². The molecule has 0 rings (SSSR count). The number of rotatable bonds is 0. The van der Waals surface area contributed by atoms with Gasteiger partial charge in [0.1, 0.15) is 0 Å². The monoisotopic (exact) mass is 208 g/mol. The molecule has 0 aliphatic carbocycles. The Morgan fingerprint density at radius 3 is 1.00 bits per heavy atom. The summed E-state index contributed by atoms with van der Waals surface area (Å²) in [7, 11) is -3.63. The van der Waals surface area contributed by atoms with Gasteiger partial charge in [-0.15, -0.1) is 0 Å². The summed E-state index contributed by atoms with van der Waals surface area (Å²) < 4.78 is 8.52. The Morgan fingerprint density at radius 1 is 1.00 bits per heavy atom. The van der Waals surface area contributed by atoms with Gasteiger partial charge in [-0.3, -0.25) is 0 Å². The average Bonchev–Trinajstić information content (AvgIpc) is 0.811. The molecule has 0 aromatic heterocycles. The minimum absolute atomic E-state index is 0. The molecule has 0 spiro atoms. The van der Waals surface area contributed by atoms with Crippen molar-refractivity contribution in [1.29, 1.82) is 0 Å². The predicted octanol–water partition coefficient (Wildman–Crippen LogP) is -9.63. The second kappa shape index (κ2) is 22.4. The van der Waals surface area contributed by atoms with Crippen LogP contribution in [0.15, 0.2) is 0 Å². The van der Waals surface area contributed by atoms with E-state index in [1.807, 2.05) is 0 Å². The molecular formula is Al2K2O3Si. The van der Waals surface area contributed by atoms with Gasteiger partial charge in [-0.05, 0) is 0 Å². The molecule has 8 heavy (non-hydrogen) atoms. The smallest absolute Gasteiger partial charge is 0.672 e. The normalized spacial score (nSPS) is 3.00. The summed E-state index contributed by atoms with van der Waals surface area (Å²) in [6.45, 7) is 0. The molecule has 0 fully saturated rings. The Labute approximate surface area is 156 Å². The Balaban J connectivity index is -0.00000000750. The molecule has 0 heterocycles. The molecule has 6 radical (unpaired) electrons. The summed E-state index contributed by atoms with van der Waals surface area (Å²) in [5.74, 6) is 0. The summed E-state index contributed by atoms with van der Waals surface area (Å²) in [5.41, 5.74) is 0. The van der Waals surface area contributed by atoms with Crippen LogP contribution >= 0.6 is 0 Å². The van der Waals surface area contributed by atoms with E-state index >= 15 is 0 Å². The Hall–Kier alpha value is 3.95. The predicted molar refractivity (Wildman–Crippen MR) is 17.9 cm³/mol. The third kappa shape index (κ3) is 51.0. The van der Waals surface area contributed by atoms with Crippen LogP contribution in [0, 0.1) is 0 Å². The molecule has 30 valence electrons. The fraction of sp³-hybridized carbons (Fsp3) is 0. The van der Waals surface area contributed by atoms with E-state index < -0.39 is 9.17 Å². The molecule has 0 bridgehead atoms. The molecule has 3 nitrogen and oxygen atoms in total. The zero-order valence-corrected chi connectivity index (χ0v) is 14.4. The van der Waals surface area contributed by atoms with Crippen molar-refractivity contribution in [3.05, 3.63) is 0 Å². The van der Waals surface area contributed by atoms with Crippen LogP contribution in [0.4, 0.5) is 0 Å². The van der Waals surface area contributed by atoms with Crippen LogP contribution < -0.4 is 112 Å². The molecule has 0 aliphatic rings. The molecule has 0 aliphatic heterocycles. The fourth-order valence-electron chi connectivity index (χ4n) is 0. The van der Waals surface area contributed by atoms with E-state index in [2.05, 4.69) is 0 Å². The van der Waals surface area contributed by atoms with Crippen molar-refractivity contribution in [2.45, 2.75) is 0 Å². The van der Waals surface area contributed by atoms with Gasteiger partial charge in [-0.2, -0.15) is 0 Å². The van der Waals surface area contributed by atoms with Crippen molar-refractivity contribution < 1.29 is 117 Å². The largest absolute Gasteiger partial charge is 1.00 e. The van der Waals surface area contributed by atoms with Crippen LogP contribution in [0.5, 0.6) is 0 Å². The molecule has 0 N–H and O–H groups in total. The van der Waals surface area contributed by atoms with Gasteiger partial charge in [-0.25, -0.2) is 0 Å². The third-order valence-corrected chi connectivity index (χ3v) is 0. The SMILES string of the molecule is O=[Si]([O-])[O-].[Al].[Al].[K+].[K+]. The zero-order chi connectivity index (χ0) is 3.58. The maximum atomic E-state index is 8.52. The van der Waals surface area contributed by atoms with Gasteiger partial charge in [-0.1, -0.05) is 0 Å².